The van der Waals surface area contributed by atoms with Gasteiger partial charge in [-0.1, -0.05) is 22.9 Å². The van der Waals surface area contributed by atoms with E-state index in [-0.39, 0.29) is 18.0 Å². The first kappa shape index (κ1) is 14.7. The number of methoxy groups -OCH3 is 1. The number of ether oxygens (including phenoxy) is 2. The zero-order chi connectivity index (χ0) is 13.8. The maximum atomic E-state index is 11.3. The largest absolute Gasteiger partial charge is 0.489 e. The molecular weight excluding hydrogens is 328 g/mol. The zero-order valence-electron chi connectivity index (χ0n) is 11.0. The molecule has 1 heterocycles. The van der Waals surface area contributed by atoms with E-state index >= 15 is 0 Å². The molecule has 19 heavy (non-hydrogen) atoms. The van der Waals surface area contributed by atoms with Crippen molar-refractivity contribution in [1.82, 2.24) is 0 Å². The molecule has 0 radical (unpaired) electrons. The minimum absolute atomic E-state index is 0.0621. The van der Waals surface area contributed by atoms with Crippen molar-refractivity contribution >= 4 is 33.7 Å². The number of halogens is 1. The lowest BCUT2D eigenvalue weighted by Gasteiger charge is -2.12. The van der Waals surface area contributed by atoms with Gasteiger partial charge in [0, 0.05) is 22.4 Å². The molecule has 0 spiro atoms. The summed E-state index contributed by atoms with van der Waals surface area (Å²) in [4.78, 5) is 11.3. The van der Waals surface area contributed by atoms with Crippen LogP contribution in [0.3, 0.4) is 0 Å². The quantitative estimate of drug-likeness (QED) is 0.767. The third-order valence-corrected chi connectivity index (χ3v) is 4.88. The average molecular weight is 345 g/mol. The van der Waals surface area contributed by atoms with Crippen molar-refractivity contribution in [1.29, 1.82) is 0 Å². The summed E-state index contributed by atoms with van der Waals surface area (Å²) in [5.74, 6) is 2.44. The van der Waals surface area contributed by atoms with Crippen LogP contribution in [0.25, 0.3) is 0 Å². The molecule has 0 saturated heterocycles. The van der Waals surface area contributed by atoms with E-state index in [1.165, 1.54) is 12.7 Å². The molecular formula is C14H17BrO3S. The van der Waals surface area contributed by atoms with Crippen molar-refractivity contribution in [3.8, 4) is 5.75 Å². The SMILES string of the molecule is COC(=O)C(C)CSCC1Cc2cc(Br)ccc2O1. The highest BCUT2D eigenvalue weighted by Gasteiger charge is 2.23. The predicted molar refractivity (Wildman–Crippen MR) is 80.8 cm³/mol. The van der Waals surface area contributed by atoms with E-state index in [0.29, 0.717) is 0 Å². The highest BCUT2D eigenvalue weighted by Crippen LogP contribution is 2.32. The smallest absolute Gasteiger partial charge is 0.309 e. The second kappa shape index (κ2) is 6.66. The van der Waals surface area contributed by atoms with Gasteiger partial charge in [-0.2, -0.15) is 11.8 Å². The highest BCUT2D eigenvalue weighted by atomic mass is 79.9. The summed E-state index contributed by atoms with van der Waals surface area (Å²) in [6.07, 6.45) is 1.15. The molecule has 0 fully saturated rings. The molecule has 0 aliphatic carbocycles. The Morgan fingerprint density at radius 3 is 3.16 bits per heavy atom. The van der Waals surface area contributed by atoms with Crippen molar-refractivity contribution in [3.05, 3.63) is 28.2 Å². The summed E-state index contributed by atoms with van der Waals surface area (Å²) in [7, 11) is 1.43. The molecule has 0 aromatic heterocycles. The maximum Gasteiger partial charge on any atom is 0.309 e. The van der Waals surface area contributed by atoms with E-state index in [4.69, 9.17) is 9.47 Å². The Morgan fingerprint density at radius 2 is 2.42 bits per heavy atom. The number of rotatable bonds is 5. The fraction of sp³-hybridized carbons (Fsp3) is 0.500. The molecule has 104 valence electrons. The molecule has 1 aromatic carbocycles. The molecule has 0 amide bonds. The van der Waals surface area contributed by atoms with Crippen molar-refractivity contribution in [2.75, 3.05) is 18.6 Å². The van der Waals surface area contributed by atoms with Gasteiger partial charge in [0.2, 0.25) is 0 Å². The van der Waals surface area contributed by atoms with E-state index in [9.17, 15) is 4.79 Å². The number of carbonyl (C=O) groups excluding carboxylic acids is 1. The standard InChI is InChI=1S/C14H17BrO3S/c1-9(14(16)17-2)7-19-8-12-6-10-5-11(15)3-4-13(10)18-12/h3-5,9,12H,6-8H2,1-2H3. The molecule has 1 aliphatic heterocycles. The maximum absolute atomic E-state index is 11.3. The molecule has 1 aliphatic rings. The lowest BCUT2D eigenvalue weighted by molar-refractivity contribution is -0.143. The van der Waals surface area contributed by atoms with Crippen molar-refractivity contribution in [3.63, 3.8) is 0 Å². The molecule has 2 rings (SSSR count). The normalized spacial score (nSPS) is 18.6. The second-order valence-electron chi connectivity index (χ2n) is 4.66. The third kappa shape index (κ3) is 3.89. The Hall–Kier alpha value is -0.680. The molecule has 0 bridgehead atoms. The van der Waals surface area contributed by atoms with Crippen LogP contribution >= 0.6 is 27.7 Å². The molecule has 0 N–H and O–H groups in total. The molecule has 2 unspecified atom stereocenters. The molecule has 3 nitrogen and oxygen atoms in total. The van der Waals surface area contributed by atoms with Gasteiger partial charge in [0.05, 0.1) is 13.0 Å². The monoisotopic (exact) mass is 344 g/mol. The number of carbonyl (C=O) groups is 1. The Balaban J connectivity index is 1.77. The summed E-state index contributed by atoms with van der Waals surface area (Å²) in [6, 6.07) is 6.10. The first-order chi connectivity index (χ1) is 9.10. The van der Waals surface area contributed by atoms with Crippen LogP contribution in [-0.4, -0.2) is 30.7 Å². The summed E-state index contributed by atoms with van der Waals surface area (Å²) < 4.78 is 11.7. The predicted octanol–water partition coefficient (Wildman–Crippen LogP) is 3.29. The van der Waals surface area contributed by atoms with Crippen molar-refractivity contribution in [2.24, 2.45) is 5.92 Å². The van der Waals surface area contributed by atoms with Gasteiger partial charge >= 0.3 is 5.97 Å². The molecule has 5 heteroatoms. The lowest BCUT2D eigenvalue weighted by Crippen LogP contribution is -2.19. The van der Waals surface area contributed by atoms with E-state index in [1.807, 2.05) is 19.1 Å². The number of benzene rings is 1. The fourth-order valence-electron chi connectivity index (χ4n) is 2.03. The van der Waals surface area contributed by atoms with Gasteiger partial charge in [0.1, 0.15) is 11.9 Å². The summed E-state index contributed by atoms with van der Waals surface area (Å²) in [5.41, 5.74) is 1.25. The van der Waals surface area contributed by atoms with Gasteiger partial charge in [-0.3, -0.25) is 4.79 Å². The minimum Gasteiger partial charge on any atom is -0.489 e. The average Bonchev–Trinajstić information content (AvgIpc) is 2.79. The van der Waals surface area contributed by atoms with E-state index in [1.54, 1.807) is 11.8 Å². The van der Waals surface area contributed by atoms with Gasteiger partial charge in [-0.15, -0.1) is 0 Å². The Bertz CT molecular complexity index is 464. The van der Waals surface area contributed by atoms with E-state index in [0.717, 1.165) is 28.1 Å². The molecule has 1 aromatic rings. The Labute approximate surface area is 126 Å². The van der Waals surface area contributed by atoms with Crippen molar-refractivity contribution in [2.45, 2.75) is 19.4 Å². The van der Waals surface area contributed by atoms with Gasteiger partial charge in [-0.25, -0.2) is 0 Å². The topological polar surface area (TPSA) is 35.5 Å². The zero-order valence-corrected chi connectivity index (χ0v) is 13.4. The highest BCUT2D eigenvalue weighted by molar-refractivity contribution is 9.10. The fourth-order valence-corrected chi connectivity index (χ4v) is 3.51. The first-order valence-electron chi connectivity index (χ1n) is 6.21. The third-order valence-electron chi connectivity index (χ3n) is 3.04. The van der Waals surface area contributed by atoms with Crippen LogP contribution in [0.4, 0.5) is 0 Å². The minimum atomic E-state index is -0.146. The molecule has 0 saturated carbocycles. The van der Waals surface area contributed by atoms with Gasteiger partial charge in [0.15, 0.2) is 0 Å². The van der Waals surface area contributed by atoms with Crippen LogP contribution in [0, 0.1) is 5.92 Å². The van der Waals surface area contributed by atoms with Crippen molar-refractivity contribution < 1.29 is 14.3 Å². The van der Waals surface area contributed by atoms with Crippen LogP contribution in [0.5, 0.6) is 5.75 Å². The van der Waals surface area contributed by atoms with Crippen LogP contribution in [0.1, 0.15) is 12.5 Å². The van der Waals surface area contributed by atoms with Gasteiger partial charge < -0.3 is 9.47 Å². The van der Waals surface area contributed by atoms with Crippen LogP contribution in [-0.2, 0) is 16.0 Å². The summed E-state index contributed by atoms with van der Waals surface area (Å²) in [5, 5.41) is 0. The van der Waals surface area contributed by atoms with Gasteiger partial charge in [0.25, 0.3) is 0 Å². The van der Waals surface area contributed by atoms with Gasteiger partial charge in [-0.05, 0) is 23.8 Å². The van der Waals surface area contributed by atoms with Crippen LogP contribution in [0.2, 0.25) is 0 Å². The Morgan fingerprint density at radius 1 is 1.63 bits per heavy atom. The second-order valence-corrected chi connectivity index (χ2v) is 6.65. The molecule has 2 atom stereocenters. The van der Waals surface area contributed by atoms with E-state index < -0.39 is 0 Å². The van der Waals surface area contributed by atoms with Crippen LogP contribution < -0.4 is 4.74 Å². The number of hydrogen-bond donors (Lipinski definition) is 0. The number of fused-ring (bicyclic) bond motifs is 1. The van der Waals surface area contributed by atoms with Crippen LogP contribution in [0.15, 0.2) is 22.7 Å². The Kier molecular flexibility index (Phi) is 5.16. The lowest BCUT2D eigenvalue weighted by atomic mass is 10.1. The summed E-state index contributed by atoms with van der Waals surface area (Å²) in [6.45, 7) is 1.89. The summed E-state index contributed by atoms with van der Waals surface area (Å²) >= 11 is 5.21. The number of thioether (sulfide) groups is 1. The first-order valence-corrected chi connectivity index (χ1v) is 8.15. The number of esters is 1. The number of hydrogen-bond acceptors (Lipinski definition) is 4. The van der Waals surface area contributed by atoms with E-state index in [2.05, 4.69) is 22.0 Å².